The molecule has 2 aromatic heterocycles. The average molecular weight is 261 g/mol. The molecule has 0 aliphatic rings. The molecular weight excluding hydrogens is 246 g/mol. The Kier molecular flexibility index (Phi) is 3.74. The zero-order valence-corrected chi connectivity index (χ0v) is 10.8. The highest BCUT2D eigenvalue weighted by molar-refractivity contribution is 5.53. The van der Waals surface area contributed by atoms with Gasteiger partial charge in [-0.1, -0.05) is 6.92 Å². The van der Waals surface area contributed by atoms with Crippen molar-refractivity contribution >= 4 is 11.5 Å². The summed E-state index contributed by atoms with van der Waals surface area (Å²) in [7, 11) is 1.72. The summed E-state index contributed by atoms with van der Waals surface area (Å²) in [6.07, 6.45) is 4.98. The first-order valence-corrected chi connectivity index (χ1v) is 6.03. The molecule has 2 rings (SSSR count). The Morgan fingerprint density at radius 2 is 2.26 bits per heavy atom. The lowest BCUT2D eigenvalue weighted by atomic mass is 10.3. The molecule has 0 radical (unpaired) electrons. The zero-order valence-electron chi connectivity index (χ0n) is 10.8. The van der Waals surface area contributed by atoms with E-state index < -0.39 is 4.92 Å². The summed E-state index contributed by atoms with van der Waals surface area (Å²) in [4.78, 5) is 19.2. The van der Waals surface area contributed by atoms with Crippen LogP contribution in [-0.2, 0) is 6.42 Å². The molecule has 0 spiro atoms. The second-order valence-corrected chi connectivity index (χ2v) is 4.01. The van der Waals surface area contributed by atoms with Crippen molar-refractivity contribution in [3.05, 3.63) is 40.5 Å². The Bertz CT molecular complexity index is 594. The van der Waals surface area contributed by atoms with E-state index in [1.165, 1.54) is 6.07 Å². The number of aryl methyl sites for hydroxylation is 1. The third-order valence-corrected chi connectivity index (χ3v) is 2.73. The summed E-state index contributed by atoms with van der Waals surface area (Å²) in [6.45, 7) is 2.03. The summed E-state index contributed by atoms with van der Waals surface area (Å²) in [5.74, 6) is 1.64. The smallest absolute Gasteiger partial charge is 0.312 e. The van der Waals surface area contributed by atoms with E-state index in [-0.39, 0.29) is 11.5 Å². The van der Waals surface area contributed by atoms with Gasteiger partial charge in [-0.3, -0.25) is 14.7 Å². The van der Waals surface area contributed by atoms with Crippen LogP contribution in [0.4, 0.5) is 11.5 Å². The molecule has 1 N–H and O–H groups in total. The molecule has 0 saturated heterocycles. The molecule has 100 valence electrons. The molecule has 0 saturated carbocycles. The molecule has 0 bridgehead atoms. The minimum Gasteiger partial charge on any atom is -0.373 e. The molecular formula is C12H15N5O2. The topological polar surface area (TPSA) is 85.9 Å². The first-order chi connectivity index (χ1) is 9.17. The quantitative estimate of drug-likeness (QED) is 0.658. The minimum absolute atomic E-state index is 0.0330. The molecule has 0 aliphatic heterocycles. The van der Waals surface area contributed by atoms with Gasteiger partial charge in [0.05, 0.1) is 4.92 Å². The predicted molar refractivity (Wildman–Crippen MR) is 71.6 cm³/mol. The summed E-state index contributed by atoms with van der Waals surface area (Å²) in [5, 5.41) is 14.0. The molecule has 7 nitrogen and oxygen atoms in total. The molecule has 19 heavy (non-hydrogen) atoms. The number of nitrogens with one attached hydrogen (secondary N) is 1. The number of rotatable bonds is 5. The van der Waals surface area contributed by atoms with Gasteiger partial charge in [0.2, 0.25) is 5.82 Å². The van der Waals surface area contributed by atoms with Crippen LogP contribution in [0.3, 0.4) is 0 Å². The van der Waals surface area contributed by atoms with Crippen molar-refractivity contribution < 1.29 is 4.92 Å². The fraction of sp³-hybridized carbons (Fsp3) is 0.333. The standard InChI is InChI=1S/C12H15N5O2/c1-3-4-11-14-7-8-16(11)12-9(17(18)19)5-6-10(13-2)15-12/h5-8H,3-4H2,1-2H3,(H,13,15). The van der Waals surface area contributed by atoms with Crippen LogP contribution in [0.2, 0.25) is 0 Å². The van der Waals surface area contributed by atoms with Gasteiger partial charge < -0.3 is 5.32 Å². The average Bonchev–Trinajstić information content (AvgIpc) is 2.86. The van der Waals surface area contributed by atoms with Crippen LogP contribution in [0.5, 0.6) is 0 Å². The lowest BCUT2D eigenvalue weighted by Gasteiger charge is -2.08. The Labute approximate surface area is 110 Å². The molecule has 0 fully saturated rings. The van der Waals surface area contributed by atoms with Gasteiger partial charge in [0, 0.05) is 31.9 Å². The SMILES string of the molecule is CCCc1nccn1-c1nc(NC)ccc1[N+](=O)[O-]. The van der Waals surface area contributed by atoms with E-state index in [0.717, 1.165) is 18.7 Å². The van der Waals surface area contributed by atoms with Gasteiger partial charge in [0.25, 0.3) is 0 Å². The summed E-state index contributed by atoms with van der Waals surface area (Å²) < 4.78 is 1.67. The van der Waals surface area contributed by atoms with Crippen molar-refractivity contribution in [1.82, 2.24) is 14.5 Å². The van der Waals surface area contributed by atoms with Gasteiger partial charge in [0.15, 0.2) is 0 Å². The van der Waals surface area contributed by atoms with Crippen molar-refractivity contribution in [2.75, 3.05) is 12.4 Å². The molecule has 7 heteroatoms. The van der Waals surface area contributed by atoms with Crippen molar-refractivity contribution in [2.45, 2.75) is 19.8 Å². The van der Waals surface area contributed by atoms with Gasteiger partial charge in [-0.05, 0) is 12.5 Å². The molecule has 0 aliphatic carbocycles. The minimum atomic E-state index is -0.433. The second-order valence-electron chi connectivity index (χ2n) is 4.01. The largest absolute Gasteiger partial charge is 0.373 e. The number of hydrogen-bond acceptors (Lipinski definition) is 5. The summed E-state index contributed by atoms with van der Waals surface area (Å²) in [6, 6.07) is 3.03. The summed E-state index contributed by atoms with van der Waals surface area (Å²) in [5.41, 5.74) is -0.0330. The number of hydrogen-bond donors (Lipinski definition) is 1. The van der Waals surface area contributed by atoms with Crippen LogP contribution < -0.4 is 5.32 Å². The Balaban J connectivity index is 2.58. The van der Waals surface area contributed by atoms with Crippen molar-refractivity contribution in [2.24, 2.45) is 0 Å². The molecule has 0 unspecified atom stereocenters. The highest BCUT2D eigenvalue weighted by Gasteiger charge is 2.19. The fourth-order valence-corrected chi connectivity index (χ4v) is 1.84. The third-order valence-electron chi connectivity index (χ3n) is 2.73. The molecule has 0 atom stereocenters. The van der Waals surface area contributed by atoms with Crippen LogP contribution in [0, 0.1) is 10.1 Å². The normalized spacial score (nSPS) is 10.4. The fourth-order valence-electron chi connectivity index (χ4n) is 1.84. The van der Waals surface area contributed by atoms with Crippen molar-refractivity contribution in [3.63, 3.8) is 0 Å². The Hall–Kier alpha value is -2.44. The zero-order chi connectivity index (χ0) is 13.8. The predicted octanol–water partition coefficient (Wildman–Crippen LogP) is 2.17. The number of imidazole rings is 1. The van der Waals surface area contributed by atoms with E-state index in [1.807, 2.05) is 6.92 Å². The van der Waals surface area contributed by atoms with Gasteiger partial charge in [-0.25, -0.2) is 9.97 Å². The maximum atomic E-state index is 11.1. The van der Waals surface area contributed by atoms with Crippen molar-refractivity contribution in [1.29, 1.82) is 0 Å². The molecule has 2 aromatic rings. The van der Waals surface area contributed by atoms with Crippen molar-refractivity contribution in [3.8, 4) is 5.82 Å². The molecule has 0 aromatic carbocycles. The van der Waals surface area contributed by atoms with E-state index >= 15 is 0 Å². The van der Waals surface area contributed by atoms with Gasteiger partial charge >= 0.3 is 5.69 Å². The highest BCUT2D eigenvalue weighted by Crippen LogP contribution is 2.24. The number of nitrogens with zero attached hydrogens (tertiary/aromatic N) is 4. The van der Waals surface area contributed by atoms with E-state index in [4.69, 9.17) is 0 Å². The van der Waals surface area contributed by atoms with E-state index in [0.29, 0.717) is 5.82 Å². The third kappa shape index (κ3) is 2.54. The van der Waals surface area contributed by atoms with Gasteiger partial charge in [0.1, 0.15) is 11.6 Å². The van der Waals surface area contributed by atoms with E-state index in [1.54, 1.807) is 30.1 Å². The monoisotopic (exact) mass is 261 g/mol. The maximum Gasteiger partial charge on any atom is 0.312 e. The van der Waals surface area contributed by atoms with E-state index in [9.17, 15) is 10.1 Å². The van der Waals surface area contributed by atoms with Crippen LogP contribution >= 0.6 is 0 Å². The second kappa shape index (κ2) is 5.47. The Morgan fingerprint density at radius 3 is 2.89 bits per heavy atom. The van der Waals surface area contributed by atoms with Crippen LogP contribution in [0.15, 0.2) is 24.5 Å². The molecule has 2 heterocycles. The lowest BCUT2D eigenvalue weighted by molar-refractivity contribution is -0.384. The first-order valence-electron chi connectivity index (χ1n) is 6.03. The number of pyridine rings is 1. The number of anilines is 1. The van der Waals surface area contributed by atoms with E-state index in [2.05, 4.69) is 15.3 Å². The number of aromatic nitrogens is 3. The van der Waals surface area contributed by atoms with Crippen LogP contribution in [-0.4, -0.2) is 26.5 Å². The first kappa shape index (κ1) is 13.0. The van der Waals surface area contributed by atoms with Gasteiger partial charge in [-0.15, -0.1) is 0 Å². The lowest BCUT2D eigenvalue weighted by Crippen LogP contribution is -2.07. The summed E-state index contributed by atoms with van der Waals surface area (Å²) >= 11 is 0. The molecule has 0 amide bonds. The van der Waals surface area contributed by atoms with Crippen LogP contribution in [0.25, 0.3) is 5.82 Å². The van der Waals surface area contributed by atoms with Gasteiger partial charge in [-0.2, -0.15) is 0 Å². The maximum absolute atomic E-state index is 11.1. The Morgan fingerprint density at radius 1 is 1.47 bits per heavy atom. The number of nitro groups is 1. The highest BCUT2D eigenvalue weighted by atomic mass is 16.6. The van der Waals surface area contributed by atoms with Crippen LogP contribution in [0.1, 0.15) is 19.2 Å².